The number of benzene rings is 1. The van der Waals surface area contributed by atoms with Crippen molar-refractivity contribution in [1.82, 2.24) is 4.98 Å². The zero-order valence-electron chi connectivity index (χ0n) is 9.71. The molecule has 2 rings (SSSR count). The standard InChI is InChI=1S/C13H15BrN2/c1-13(2,3)12-7-10(15)9-6-8(14)4-5-11(9)16-12/h4-7H,1-3H3,(H2,15,16). The van der Waals surface area contributed by atoms with Gasteiger partial charge < -0.3 is 5.73 Å². The lowest BCUT2D eigenvalue weighted by Crippen LogP contribution is -2.14. The molecule has 0 saturated carbocycles. The number of rotatable bonds is 0. The van der Waals surface area contributed by atoms with Gasteiger partial charge in [0.05, 0.1) is 5.52 Å². The number of nitrogens with two attached hydrogens (primary N) is 1. The summed E-state index contributed by atoms with van der Waals surface area (Å²) in [5, 5.41) is 1.00. The molecule has 0 aliphatic rings. The normalized spacial score (nSPS) is 12.0. The third-order valence-corrected chi connectivity index (χ3v) is 3.06. The van der Waals surface area contributed by atoms with Crippen molar-refractivity contribution in [2.75, 3.05) is 5.73 Å². The van der Waals surface area contributed by atoms with Crippen LogP contribution in [-0.2, 0) is 5.41 Å². The van der Waals surface area contributed by atoms with Crippen LogP contribution in [0.5, 0.6) is 0 Å². The average Bonchev–Trinajstić information content (AvgIpc) is 2.17. The summed E-state index contributed by atoms with van der Waals surface area (Å²) < 4.78 is 1.03. The monoisotopic (exact) mass is 278 g/mol. The first-order valence-electron chi connectivity index (χ1n) is 5.24. The van der Waals surface area contributed by atoms with Gasteiger partial charge in [-0.3, -0.25) is 4.98 Å². The van der Waals surface area contributed by atoms with Crippen molar-refractivity contribution >= 4 is 32.5 Å². The number of nitrogens with zero attached hydrogens (tertiary/aromatic N) is 1. The van der Waals surface area contributed by atoms with Crippen molar-refractivity contribution in [2.24, 2.45) is 0 Å². The predicted octanol–water partition coefficient (Wildman–Crippen LogP) is 3.88. The molecular weight excluding hydrogens is 264 g/mol. The fourth-order valence-electron chi connectivity index (χ4n) is 1.61. The molecule has 0 bridgehead atoms. The molecule has 84 valence electrons. The van der Waals surface area contributed by atoms with Gasteiger partial charge in [-0.15, -0.1) is 0 Å². The minimum absolute atomic E-state index is 0.0232. The highest BCUT2D eigenvalue weighted by molar-refractivity contribution is 9.10. The third kappa shape index (κ3) is 2.05. The second kappa shape index (κ2) is 3.74. The lowest BCUT2D eigenvalue weighted by Gasteiger charge is -2.19. The van der Waals surface area contributed by atoms with Crippen LogP contribution in [0.25, 0.3) is 10.9 Å². The summed E-state index contributed by atoms with van der Waals surface area (Å²) in [6.07, 6.45) is 0. The van der Waals surface area contributed by atoms with Crippen LogP contribution in [0.3, 0.4) is 0 Å². The largest absolute Gasteiger partial charge is 0.398 e. The summed E-state index contributed by atoms with van der Waals surface area (Å²) >= 11 is 3.44. The van der Waals surface area contributed by atoms with Crippen LogP contribution in [-0.4, -0.2) is 4.98 Å². The highest BCUT2D eigenvalue weighted by atomic mass is 79.9. The van der Waals surface area contributed by atoms with Crippen LogP contribution in [0.1, 0.15) is 26.5 Å². The molecule has 0 amide bonds. The molecule has 0 aliphatic carbocycles. The van der Waals surface area contributed by atoms with Gasteiger partial charge in [-0.25, -0.2) is 0 Å². The van der Waals surface area contributed by atoms with E-state index in [0.717, 1.165) is 26.8 Å². The first-order chi connectivity index (χ1) is 7.38. The SMILES string of the molecule is CC(C)(C)c1cc(N)c2cc(Br)ccc2n1. The van der Waals surface area contributed by atoms with E-state index in [0.29, 0.717) is 0 Å². The molecule has 2 N–H and O–H groups in total. The van der Waals surface area contributed by atoms with Crippen LogP contribution in [0.4, 0.5) is 5.69 Å². The molecule has 0 aliphatic heterocycles. The molecule has 0 spiro atoms. The van der Waals surface area contributed by atoms with Crippen molar-refractivity contribution in [3.63, 3.8) is 0 Å². The van der Waals surface area contributed by atoms with Gasteiger partial charge in [0.15, 0.2) is 0 Å². The number of aromatic nitrogens is 1. The number of nitrogen functional groups attached to an aromatic ring is 1. The second-order valence-corrected chi connectivity index (χ2v) is 5.92. The first kappa shape index (κ1) is 11.4. The average molecular weight is 279 g/mol. The number of halogens is 1. The van der Waals surface area contributed by atoms with Gasteiger partial charge in [0.2, 0.25) is 0 Å². The number of hydrogen-bond donors (Lipinski definition) is 1. The second-order valence-electron chi connectivity index (χ2n) is 5.01. The number of hydrogen-bond acceptors (Lipinski definition) is 2. The summed E-state index contributed by atoms with van der Waals surface area (Å²) in [5.41, 5.74) is 8.85. The van der Waals surface area contributed by atoms with E-state index in [1.54, 1.807) is 0 Å². The van der Waals surface area contributed by atoms with E-state index >= 15 is 0 Å². The third-order valence-electron chi connectivity index (χ3n) is 2.57. The summed E-state index contributed by atoms with van der Waals surface area (Å²) in [5.74, 6) is 0. The van der Waals surface area contributed by atoms with E-state index < -0.39 is 0 Å². The molecule has 2 nitrogen and oxygen atoms in total. The van der Waals surface area contributed by atoms with Crippen LogP contribution in [0, 0.1) is 0 Å². The molecule has 0 fully saturated rings. The molecule has 16 heavy (non-hydrogen) atoms. The Labute approximate surface area is 104 Å². The van der Waals surface area contributed by atoms with Crippen molar-refractivity contribution in [3.8, 4) is 0 Å². The molecule has 3 heteroatoms. The van der Waals surface area contributed by atoms with Gasteiger partial charge in [-0.2, -0.15) is 0 Å². The topological polar surface area (TPSA) is 38.9 Å². The molecule has 0 saturated heterocycles. The Morgan fingerprint density at radius 2 is 1.88 bits per heavy atom. The van der Waals surface area contributed by atoms with Gasteiger partial charge >= 0.3 is 0 Å². The molecular formula is C13H15BrN2. The Balaban J connectivity index is 2.74. The van der Waals surface area contributed by atoms with Crippen molar-refractivity contribution in [1.29, 1.82) is 0 Å². The summed E-state index contributed by atoms with van der Waals surface area (Å²) in [6.45, 7) is 6.42. The maximum atomic E-state index is 6.06. The predicted molar refractivity (Wildman–Crippen MR) is 72.6 cm³/mol. The van der Waals surface area contributed by atoms with Gasteiger partial charge in [0, 0.05) is 26.7 Å². The maximum Gasteiger partial charge on any atom is 0.0727 e. The van der Waals surface area contributed by atoms with Gasteiger partial charge in [-0.05, 0) is 24.3 Å². The quantitative estimate of drug-likeness (QED) is 0.794. The minimum Gasteiger partial charge on any atom is -0.398 e. The Bertz CT molecular complexity index is 541. The first-order valence-corrected chi connectivity index (χ1v) is 6.03. The summed E-state index contributed by atoms with van der Waals surface area (Å²) in [4.78, 5) is 4.65. The van der Waals surface area contributed by atoms with Crippen molar-refractivity contribution in [3.05, 3.63) is 34.4 Å². The Kier molecular flexibility index (Phi) is 2.66. The zero-order valence-corrected chi connectivity index (χ0v) is 11.3. The van der Waals surface area contributed by atoms with Gasteiger partial charge in [-0.1, -0.05) is 36.7 Å². The zero-order chi connectivity index (χ0) is 11.9. The minimum atomic E-state index is 0.0232. The van der Waals surface area contributed by atoms with Crippen LogP contribution < -0.4 is 5.73 Å². The maximum absolute atomic E-state index is 6.06. The van der Waals surface area contributed by atoms with Gasteiger partial charge in [0.1, 0.15) is 0 Å². The molecule has 0 radical (unpaired) electrons. The van der Waals surface area contributed by atoms with Gasteiger partial charge in [0.25, 0.3) is 0 Å². The van der Waals surface area contributed by atoms with E-state index in [1.165, 1.54) is 0 Å². The van der Waals surface area contributed by atoms with E-state index in [9.17, 15) is 0 Å². The fourth-order valence-corrected chi connectivity index (χ4v) is 1.97. The number of pyridine rings is 1. The van der Waals surface area contributed by atoms with Crippen LogP contribution in [0.2, 0.25) is 0 Å². The molecule has 1 aromatic carbocycles. The lowest BCUT2D eigenvalue weighted by atomic mass is 9.91. The smallest absolute Gasteiger partial charge is 0.0727 e. The van der Waals surface area contributed by atoms with Crippen molar-refractivity contribution in [2.45, 2.75) is 26.2 Å². The van der Waals surface area contributed by atoms with E-state index in [2.05, 4.69) is 41.7 Å². The van der Waals surface area contributed by atoms with E-state index in [-0.39, 0.29) is 5.41 Å². The molecule has 1 heterocycles. The molecule has 0 unspecified atom stereocenters. The fraction of sp³-hybridized carbons (Fsp3) is 0.308. The summed E-state index contributed by atoms with van der Waals surface area (Å²) in [7, 11) is 0. The molecule has 2 aromatic rings. The van der Waals surface area contributed by atoms with Crippen molar-refractivity contribution < 1.29 is 0 Å². The van der Waals surface area contributed by atoms with E-state index in [1.807, 2.05) is 24.3 Å². The Morgan fingerprint density at radius 1 is 1.19 bits per heavy atom. The molecule has 1 aromatic heterocycles. The Hall–Kier alpha value is -1.09. The highest BCUT2D eigenvalue weighted by Gasteiger charge is 2.17. The Morgan fingerprint density at radius 3 is 2.50 bits per heavy atom. The number of fused-ring (bicyclic) bond motifs is 1. The molecule has 0 atom stereocenters. The van der Waals surface area contributed by atoms with E-state index in [4.69, 9.17) is 5.73 Å². The highest BCUT2D eigenvalue weighted by Crippen LogP contribution is 2.29. The van der Waals surface area contributed by atoms with Crippen LogP contribution in [0.15, 0.2) is 28.7 Å². The lowest BCUT2D eigenvalue weighted by molar-refractivity contribution is 0.572. The van der Waals surface area contributed by atoms with Crippen LogP contribution >= 0.6 is 15.9 Å². The number of anilines is 1. The summed E-state index contributed by atoms with van der Waals surface area (Å²) in [6, 6.07) is 7.95.